The predicted molar refractivity (Wildman–Crippen MR) is 129 cm³/mol. The SMILES string of the molecule is CS(=O)(=O)NC1CCN(CCc2coc3cc(Oc4ccc(-c5ccn[nH]5)cn4)ccc23)CC1. The number of aromatic amines is 1. The van der Waals surface area contributed by atoms with E-state index < -0.39 is 10.0 Å². The molecule has 0 amide bonds. The molecule has 0 unspecified atom stereocenters. The van der Waals surface area contributed by atoms with Crippen molar-refractivity contribution in [3.63, 3.8) is 0 Å². The molecule has 0 atom stereocenters. The number of rotatable bonds is 8. The van der Waals surface area contributed by atoms with Gasteiger partial charge in [0.2, 0.25) is 15.9 Å². The van der Waals surface area contributed by atoms with Gasteiger partial charge in [-0.05, 0) is 62.2 Å². The molecule has 0 saturated carbocycles. The van der Waals surface area contributed by atoms with Crippen molar-refractivity contribution >= 4 is 21.0 Å². The third-order valence-electron chi connectivity index (χ3n) is 6.06. The first-order chi connectivity index (χ1) is 16.4. The number of likely N-dealkylation sites (tertiary alicyclic amines) is 1. The van der Waals surface area contributed by atoms with Crippen LogP contribution >= 0.6 is 0 Å². The fourth-order valence-electron chi connectivity index (χ4n) is 4.31. The molecule has 4 heterocycles. The highest BCUT2D eigenvalue weighted by Gasteiger charge is 2.21. The second-order valence-electron chi connectivity index (χ2n) is 8.63. The average Bonchev–Trinajstić information content (AvgIpc) is 3.48. The monoisotopic (exact) mass is 481 g/mol. The molecule has 1 aromatic carbocycles. The molecule has 0 spiro atoms. The lowest BCUT2D eigenvalue weighted by Gasteiger charge is -2.31. The minimum absolute atomic E-state index is 0.0376. The fourth-order valence-corrected chi connectivity index (χ4v) is 5.15. The van der Waals surface area contributed by atoms with Crippen LogP contribution in [0.1, 0.15) is 18.4 Å². The van der Waals surface area contributed by atoms with Gasteiger partial charge in [-0.1, -0.05) is 0 Å². The molecule has 9 nitrogen and oxygen atoms in total. The third-order valence-corrected chi connectivity index (χ3v) is 6.82. The molecule has 1 aliphatic heterocycles. The van der Waals surface area contributed by atoms with Crippen LogP contribution in [0.15, 0.2) is 59.5 Å². The summed E-state index contributed by atoms with van der Waals surface area (Å²) in [6, 6.07) is 11.5. The standard InChI is InChI=1S/C24H27N5O4S/c1-34(30,31)28-19-8-12-29(13-9-19)11-7-18-16-32-23-14-20(3-4-21(18)23)33-24-5-2-17(15-25-24)22-6-10-26-27-22/h2-6,10,14-16,19,28H,7-9,11-13H2,1H3,(H,26,27). The number of pyridine rings is 1. The fraction of sp³-hybridized carbons (Fsp3) is 0.333. The highest BCUT2D eigenvalue weighted by Crippen LogP contribution is 2.29. The maximum Gasteiger partial charge on any atom is 0.219 e. The van der Waals surface area contributed by atoms with Gasteiger partial charge in [0.25, 0.3) is 0 Å². The van der Waals surface area contributed by atoms with Gasteiger partial charge < -0.3 is 14.1 Å². The number of fused-ring (bicyclic) bond motifs is 1. The predicted octanol–water partition coefficient (Wildman–Crippen LogP) is 3.57. The molecule has 4 aromatic rings. The first-order valence-corrected chi connectivity index (χ1v) is 13.2. The van der Waals surface area contributed by atoms with Gasteiger partial charge in [0.1, 0.15) is 11.3 Å². The normalized spacial score (nSPS) is 15.7. The Balaban J connectivity index is 1.17. The Morgan fingerprint density at radius 1 is 1.21 bits per heavy atom. The van der Waals surface area contributed by atoms with Crippen LogP contribution in [0, 0.1) is 0 Å². The van der Waals surface area contributed by atoms with Crippen molar-refractivity contribution in [3.8, 4) is 22.9 Å². The molecule has 1 saturated heterocycles. The van der Waals surface area contributed by atoms with Crippen LogP contribution in [0.5, 0.6) is 11.6 Å². The van der Waals surface area contributed by atoms with E-state index in [4.69, 9.17) is 9.15 Å². The van der Waals surface area contributed by atoms with E-state index >= 15 is 0 Å². The van der Waals surface area contributed by atoms with Crippen LogP contribution in [-0.4, -0.2) is 60.4 Å². The second-order valence-corrected chi connectivity index (χ2v) is 10.4. The van der Waals surface area contributed by atoms with Crippen LogP contribution < -0.4 is 9.46 Å². The minimum atomic E-state index is -3.15. The molecule has 1 aliphatic rings. The van der Waals surface area contributed by atoms with Crippen molar-refractivity contribution in [2.24, 2.45) is 0 Å². The summed E-state index contributed by atoms with van der Waals surface area (Å²) in [5.74, 6) is 1.17. The van der Waals surface area contributed by atoms with Gasteiger partial charge >= 0.3 is 0 Å². The lowest BCUT2D eigenvalue weighted by Crippen LogP contribution is -2.44. The van der Waals surface area contributed by atoms with Gasteiger partial charge in [-0.25, -0.2) is 18.1 Å². The summed E-state index contributed by atoms with van der Waals surface area (Å²) >= 11 is 0. The van der Waals surface area contributed by atoms with Crippen molar-refractivity contribution in [2.75, 3.05) is 25.9 Å². The van der Waals surface area contributed by atoms with E-state index in [9.17, 15) is 8.42 Å². The van der Waals surface area contributed by atoms with Gasteiger partial charge in [-0.2, -0.15) is 5.10 Å². The van der Waals surface area contributed by atoms with E-state index in [1.165, 1.54) is 6.26 Å². The van der Waals surface area contributed by atoms with E-state index in [0.717, 1.165) is 66.7 Å². The van der Waals surface area contributed by atoms with Crippen LogP contribution in [-0.2, 0) is 16.4 Å². The summed E-state index contributed by atoms with van der Waals surface area (Å²) in [4.78, 5) is 6.75. The molecule has 5 rings (SSSR count). The van der Waals surface area contributed by atoms with Crippen molar-refractivity contribution < 1.29 is 17.6 Å². The van der Waals surface area contributed by atoms with Crippen LogP contribution in [0.4, 0.5) is 0 Å². The second kappa shape index (κ2) is 9.57. The van der Waals surface area contributed by atoms with E-state index in [-0.39, 0.29) is 6.04 Å². The topological polar surface area (TPSA) is 113 Å². The number of piperidine rings is 1. The third kappa shape index (κ3) is 5.46. The molecule has 2 N–H and O–H groups in total. The quantitative estimate of drug-likeness (QED) is 0.396. The Morgan fingerprint density at radius 2 is 2.06 bits per heavy atom. The lowest BCUT2D eigenvalue weighted by molar-refractivity contribution is 0.209. The van der Waals surface area contributed by atoms with Crippen LogP contribution in [0.25, 0.3) is 22.2 Å². The van der Waals surface area contributed by atoms with E-state index in [2.05, 4.69) is 24.8 Å². The smallest absolute Gasteiger partial charge is 0.219 e. The van der Waals surface area contributed by atoms with Crippen molar-refractivity contribution in [2.45, 2.75) is 25.3 Å². The summed E-state index contributed by atoms with van der Waals surface area (Å²) in [6.45, 7) is 2.67. The molecule has 0 bridgehead atoms. The molecular weight excluding hydrogens is 454 g/mol. The van der Waals surface area contributed by atoms with Gasteiger partial charge in [-0.3, -0.25) is 5.10 Å². The number of nitrogens with zero attached hydrogens (tertiary/aromatic N) is 3. The summed E-state index contributed by atoms with van der Waals surface area (Å²) in [7, 11) is -3.15. The number of sulfonamides is 1. The number of nitrogens with one attached hydrogen (secondary N) is 2. The number of aromatic nitrogens is 3. The maximum absolute atomic E-state index is 11.4. The highest BCUT2D eigenvalue weighted by molar-refractivity contribution is 7.88. The first-order valence-electron chi connectivity index (χ1n) is 11.3. The van der Waals surface area contributed by atoms with Crippen LogP contribution in [0.2, 0.25) is 0 Å². The van der Waals surface area contributed by atoms with Crippen LogP contribution in [0.3, 0.4) is 0 Å². The summed E-state index contributed by atoms with van der Waals surface area (Å²) < 4.78 is 37.3. The number of hydrogen-bond donors (Lipinski definition) is 2. The lowest BCUT2D eigenvalue weighted by atomic mass is 10.0. The molecule has 178 valence electrons. The first kappa shape index (κ1) is 22.6. The molecule has 10 heteroatoms. The van der Waals surface area contributed by atoms with Crippen molar-refractivity contribution in [3.05, 3.63) is 60.6 Å². The number of hydrogen-bond acceptors (Lipinski definition) is 7. The number of ether oxygens (including phenoxy) is 1. The Hall–Kier alpha value is -3.21. The van der Waals surface area contributed by atoms with Crippen molar-refractivity contribution in [1.29, 1.82) is 0 Å². The van der Waals surface area contributed by atoms with Gasteiger partial charge in [0, 0.05) is 48.1 Å². The van der Waals surface area contributed by atoms with Gasteiger partial charge in [0.05, 0.1) is 18.2 Å². The Bertz CT molecular complexity index is 1340. The molecule has 1 fully saturated rings. The number of H-pyrrole nitrogens is 1. The minimum Gasteiger partial charge on any atom is -0.464 e. The Morgan fingerprint density at radius 3 is 2.76 bits per heavy atom. The molecular formula is C24H27N5O4S. The Kier molecular flexibility index (Phi) is 6.36. The van der Waals surface area contributed by atoms with Crippen molar-refractivity contribution in [1.82, 2.24) is 24.8 Å². The Labute approximate surface area is 198 Å². The van der Waals surface area contributed by atoms with Gasteiger partial charge in [0.15, 0.2) is 0 Å². The zero-order chi connectivity index (χ0) is 23.5. The zero-order valence-electron chi connectivity index (χ0n) is 18.9. The molecule has 0 aliphatic carbocycles. The molecule has 34 heavy (non-hydrogen) atoms. The van der Waals surface area contributed by atoms with E-state index in [0.29, 0.717) is 11.6 Å². The highest BCUT2D eigenvalue weighted by atomic mass is 32.2. The number of furan rings is 1. The molecule has 0 radical (unpaired) electrons. The number of benzene rings is 1. The molecule has 3 aromatic heterocycles. The summed E-state index contributed by atoms with van der Waals surface area (Å²) in [5, 5.41) is 7.94. The summed E-state index contributed by atoms with van der Waals surface area (Å²) in [5.41, 5.74) is 3.77. The van der Waals surface area contributed by atoms with Gasteiger partial charge in [-0.15, -0.1) is 0 Å². The van der Waals surface area contributed by atoms with E-state index in [1.54, 1.807) is 12.4 Å². The largest absolute Gasteiger partial charge is 0.464 e. The zero-order valence-corrected chi connectivity index (χ0v) is 19.7. The maximum atomic E-state index is 11.4. The summed E-state index contributed by atoms with van der Waals surface area (Å²) in [6.07, 6.45) is 9.00. The average molecular weight is 482 g/mol. The van der Waals surface area contributed by atoms with E-state index in [1.807, 2.05) is 42.7 Å².